The number of allylic oxidation sites excluding steroid dienone is 1. The fraction of sp³-hybridized carbons (Fsp3) is 0.409. The average molecular weight is 429 g/mol. The van der Waals surface area contributed by atoms with Gasteiger partial charge >= 0.3 is 0 Å². The van der Waals surface area contributed by atoms with E-state index in [0.717, 1.165) is 16.4 Å². The van der Waals surface area contributed by atoms with Crippen LogP contribution in [0.4, 0.5) is 4.39 Å². The van der Waals surface area contributed by atoms with E-state index in [1.165, 1.54) is 41.6 Å². The molecule has 8 heteroatoms. The molecule has 30 heavy (non-hydrogen) atoms. The van der Waals surface area contributed by atoms with Crippen LogP contribution in [0.1, 0.15) is 37.8 Å². The van der Waals surface area contributed by atoms with E-state index in [0.29, 0.717) is 23.7 Å². The van der Waals surface area contributed by atoms with Crippen molar-refractivity contribution in [3.05, 3.63) is 58.0 Å². The van der Waals surface area contributed by atoms with Gasteiger partial charge in [-0.05, 0) is 48.8 Å². The van der Waals surface area contributed by atoms with E-state index in [1.54, 1.807) is 26.2 Å². The van der Waals surface area contributed by atoms with E-state index in [2.05, 4.69) is 10.3 Å². The summed E-state index contributed by atoms with van der Waals surface area (Å²) in [6.45, 7) is 2.53. The van der Waals surface area contributed by atoms with Gasteiger partial charge in [-0.2, -0.15) is 0 Å². The number of hydrogen-bond donors (Lipinski definition) is 1. The Hall–Kier alpha value is -2.61. The number of rotatable bonds is 6. The normalized spacial score (nSPS) is 20.5. The Kier molecular flexibility index (Phi) is 5.69. The molecule has 1 fully saturated rings. The van der Waals surface area contributed by atoms with Crippen LogP contribution in [0.15, 0.2) is 51.6 Å². The van der Waals surface area contributed by atoms with Crippen molar-refractivity contribution in [1.29, 1.82) is 0 Å². The van der Waals surface area contributed by atoms with Gasteiger partial charge in [0.25, 0.3) is 5.91 Å². The molecule has 1 N–H and O–H groups in total. The summed E-state index contributed by atoms with van der Waals surface area (Å²) in [7, 11) is 3.40. The summed E-state index contributed by atoms with van der Waals surface area (Å²) >= 11 is 1.44. The Balaban J connectivity index is 1.67. The second-order valence-corrected chi connectivity index (χ2v) is 8.90. The van der Waals surface area contributed by atoms with Crippen molar-refractivity contribution in [2.45, 2.75) is 32.2 Å². The van der Waals surface area contributed by atoms with Gasteiger partial charge in [0.05, 0.1) is 23.7 Å². The van der Waals surface area contributed by atoms with E-state index in [9.17, 15) is 14.0 Å². The van der Waals surface area contributed by atoms with Crippen LogP contribution in [0.5, 0.6) is 0 Å². The van der Waals surface area contributed by atoms with Gasteiger partial charge < -0.3 is 15.1 Å². The number of benzene rings is 1. The van der Waals surface area contributed by atoms with E-state index in [1.807, 2.05) is 17.2 Å². The highest BCUT2D eigenvalue weighted by Crippen LogP contribution is 2.44. The number of halogens is 1. The average Bonchev–Trinajstić information content (AvgIpc) is 3.46. The molecule has 1 aromatic carbocycles. The summed E-state index contributed by atoms with van der Waals surface area (Å²) in [5, 5.41) is 5.64. The number of amidine groups is 1. The topological polar surface area (TPSA) is 65.0 Å². The van der Waals surface area contributed by atoms with E-state index in [-0.39, 0.29) is 24.1 Å². The quantitative estimate of drug-likeness (QED) is 0.754. The number of nitrogens with zero attached hydrogens (tertiary/aromatic N) is 3. The lowest BCUT2D eigenvalue weighted by Gasteiger charge is -2.37. The van der Waals surface area contributed by atoms with Gasteiger partial charge in [0, 0.05) is 26.3 Å². The summed E-state index contributed by atoms with van der Waals surface area (Å²) in [6, 6.07) is 5.69. The molecule has 2 aliphatic heterocycles. The molecule has 6 nitrogen and oxygen atoms in total. The van der Waals surface area contributed by atoms with Crippen LogP contribution in [0.3, 0.4) is 0 Å². The highest BCUT2D eigenvalue weighted by Gasteiger charge is 2.41. The molecular formula is C22H25FN4O2S. The molecule has 1 aliphatic carbocycles. The molecule has 1 aromatic rings. The predicted molar refractivity (Wildman–Crippen MR) is 116 cm³/mol. The Bertz CT molecular complexity index is 964. The SMILES string of the molecule is CC1=C(C(=O)N(C)C)C(c2ccc(F)cc2)N2C(CC(=O)NCC3CC3)=CSC2=N1. The maximum absolute atomic E-state index is 13.6. The smallest absolute Gasteiger partial charge is 0.253 e. The van der Waals surface area contributed by atoms with Gasteiger partial charge in [-0.15, -0.1) is 0 Å². The minimum atomic E-state index is -0.467. The number of carbonyl (C=O) groups excluding carboxylic acids is 2. The predicted octanol–water partition coefficient (Wildman–Crippen LogP) is 3.41. The number of aliphatic imine (C=N–C) groups is 1. The van der Waals surface area contributed by atoms with Gasteiger partial charge in [-0.25, -0.2) is 9.38 Å². The van der Waals surface area contributed by atoms with Crippen molar-refractivity contribution in [3.63, 3.8) is 0 Å². The Labute approximate surface area is 179 Å². The van der Waals surface area contributed by atoms with E-state index >= 15 is 0 Å². The zero-order chi connectivity index (χ0) is 21.4. The first-order valence-corrected chi connectivity index (χ1v) is 10.9. The number of amides is 2. The third kappa shape index (κ3) is 4.14. The lowest BCUT2D eigenvalue weighted by molar-refractivity contribution is -0.125. The van der Waals surface area contributed by atoms with Gasteiger partial charge in [0.1, 0.15) is 5.82 Å². The standard InChI is InChI=1S/C22H25FN4O2S/c1-13-19(21(29)26(2)3)20(15-6-8-16(23)9-7-15)27-17(12-30-22(27)25-13)10-18(28)24-11-14-4-5-14/h6-9,12,14,20H,4-5,10-11H2,1-3H3,(H,24,28). The van der Waals surface area contributed by atoms with E-state index < -0.39 is 6.04 Å². The van der Waals surface area contributed by atoms with Gasteiger partial charge in [0.15, 0.2) is 5.17 Å². The molecule has 1 saturated carbocycles. The van der Waals surface area contributed by atoms with Crippen molar-refractivity contribution in [2.75, 3.05) is 20.6 Å². The lowest BCUT2D eigenvalue weighted by atomic mass is 9.93. The molecule has 4 rings (SSSR count). The van der Waals surface area contributed by atoms with Gasteiger partial charge in [0.2, 0.25) is 5.91 Å². The highest BCUT2D eigenvalue weighted by molar-refractivity contribution is 8.16. The Morgan fingerprint density at radius 1 is 1.27 bits per heavy atom. The summed E-state index contributed by atoms with van der Waals surface area (Å²) in [5.74, 6) is 0.0733. The molecule has 1 unspecified atom stereocenters. The molecule has 3 aliphatic rings. The number of hydrogen-bond acceptors (Lipinski definition) is 5. The van der Waals surface area contributed by atoms with Crippen molar-refractivity contribution in [1.82, 2.24) is 15.1 Å². The van der Waals surface area contributed by atoms with Crippen molar-refractivity contribution < 1.29 is 14.0 Å². The van der Waals surface area contributed by atoms with Crippen LogP contribution in [-0.2, 0) is 9.59 Å². The summed E-state index contributed by atoms with van der Waals surface area (Å²) < 4.78 is 13.6. The van der Waals surface area contributed by atoms with Crippen LogP contribution in [0.2, 0.25) is 0 Å². The zero-order valence-electron chi connectivity index (χ0n) is 17.3. The second kappa shape index (κ2) is 8.26. The summed E-state index contributed by atoms with van der Waals surface area (Å²) in [6.07, 6.45) is 2.56. The molecule has 0 bridgehead atoms. The Morgan fingerprint density at radius 3 is 2.60 bits per heavy atom. The third-order valence-electron chi connectivity index (χ3n) is 5.45. The van der Waals surface area contributed by atoms with Crippen molar-refractivity contribution in [3.8, 4) is 0 Å². The molecule has 0 aromatic heterocycles. The largest absolute Gasteiger partial charge is 0.355 e. The molecule has 2 amide bonds. The van der Waals surface area contributed by atoms with E-state index in [4.69, 9.17) is 0 Å². The number of likely N-dealkylation sites (N-methyl/N-ethyl adjacent to an activating group) is 1. The molecule has 158 valence electrons. The first-order valence-electron chi connectivity index (χ1n) is 10.0. The number of thioether (sulfide) groups is 1. The van der Waals surface area contributed by atoms with Crippen LogP contribution in [0, 0.1) is 11.7 Å². The first-order chi connectivity index (χ1) is 14.3. The fourth-order valence-corrected chi connectivity index (χ4v) is 4.62. The molecule has 2 heterocycles. The second-order valence-electron chi connectivity index (χ2n) is 8.07. The zero-order valence-corrected chi connectivity index (χ0v) is 18.1. The molecule has 1 atom stereocenters. The van der Waals surface area contributed by atoms with Crippen LogP contribution >= 0.6 is 11.8 Å². The fourth-order valence-electron chi connectivity index (χ4n) is 3.65. The van der Waals surface area contributed by atoms with Gasteiger partial charge in [-0.3, -0.25) is 9.59 Å². The minimum absolute atomic E-state index is 0.0420. The van der Waals surface area contributed by atoms with Crippen LogP contribution < -0.4 is 5.32 Å². The van der Waals surface area contributed by atoms with Crippen molar-refractivity contribution >= 4 is 28.7 Å². The van der Waals surface area contributed by atoms with Crippen LogP contribution in [-0.4, -0.2) is 47.4 Å². The van der Waals surface area contributed by atoms with Gasteiger partial charge in [-0.1, -0.05) is 23.9 Å². The molecule has 0 saturated heterocycles. The molecular weight excluding hydrogens is 403 g/mol. The molecule has 0 radical (unpaired) electrons. The maximum Gasteiger partial charge on any atom is 0.253 e. The third-order valence-corrected chi connectivity index (χ3v) is 6.34. The Morgan fingerprint density at radius 2 is 1.97 bits per heavy atom. The summed E-state index contributed by atoms with van der Waals surface area (Å²) in [4.78, 5) is 33.7. The van der Waals surface area contributed by atoms with Crippen molar-refractivity contribution in [2.24, 2.45) is 10.9 Å². The maximum atomic E-state index is 13.6. The number of carbonyl (C=O) groups is 2. The summed E-state index contributed by atoms with van der Waals surface area (Å²) in [5.41, 5.74) is 2.73. The first kappa shape index (κ1) is 20.7. The lowest BCUT2D eigenvalue weighted by Crippen LogP contribution is -2.40. The molecule has 0 spiro atoms. The number of nitrogens with one attached hydrogen (secondary N) is 1. The number of fused-ring (bicyclic) bond motifs is 1. The monoisotopic (exact) mass is 428 g/mol. The minimum Gasteiger partial charge on any atom is -0.355 e. The van der Waals surface area contributed by atoms with Crippen LogP contribution in [0.25, 0.3) is 0 Å². The highest BCUT2D eigenvalue weighted by atomic mass is 32.2.